The van der Waals surface area contributed by atoms with Crippen LogP contribution in [0.4, 0.5) is 0 Å². The summed E-state index contributed by atoms with van der Waals surface area (Å²) >= 11 is 0. The molecule has 0 heterocycles. The molecule has 0 aromatic carbocycles. The Kier molecular flexibility index (Phi) is 16.0. The highest BCUT2D eigenvalue weighted by Gasteiger charge is 2.41. The zero-order valence-corrected chi connectivity index (χ0v) is 21.4. The largest absolute Gasteiger partial charge is 0.501 e. The molecule has 0 N–H and O–H groups in total. The van der Waals surface area contributed by atoms with Crippen molar-refractivity contribution < 1.29 is 41.9 Å². The van der Waals surface area contributed by atoms with Gasteiger partial charge in [0.1, 0.15) is 19.8 Å². The van der Waals surface area contributed by atoms with E-state index in [1.54, 1.807) is 20.8 Å². The van der Waals surface area contributed by atoms with E-state index in [-0.39, 0.29) is 56.4 Å². The van der Waals surface area contributed by atoms with E-state index in [1.165, 1.54) is 0 Å². The third kappa shape index (κ3) is 14.5. The first-order valence-corrected chi connectivity index (χ1v) is 12.9. The van der Waals surface area contributed by atoms with E-state index < -0.39 is 26.7 Å². The molecular formula is C23H38O9Si. The summed E-state index contributed by atoms with van der Waals surface area (Å²) in [6, 6.07) is 0.498. The van der Waals surface area contributed by atoms with Crippen LogP contribution < -0.4 is 0 Å². The molecular weight excluding hydrogens is 448 g/mol. The zero-order valence-electron chi connectivity index (χ0n) is 20.4. The highest BCUT2D eigenvalue weighted by molar-refractivity contribution is 6.60. The Morgan fingerprint density at radius 1 is 0.606 bits per heavy atom. The van der Waals surface area contributed by atoms with E-state index in [9.17, 15) is 14.4 Å². The van der Waals surface area contributed by atoms with Crippen LogP contribution in [0.15, 0.2) is 36.5 Å². The highest BCUT2D eigenvalue weighted by atomic mass is 28.4. The fourth-order valence-electron chi connectivity index (χ4n) is 2.30. The summed E-state index contributed by atoms with van der Waals surface area (Å²) in [5.74, 6) is -1.55. The lowest BCUT2D eigenvalue weighted by atomic mass is 10.3. The normalized spacial score (nSPS) is 10.9. The van der Waals surface area contributed by atoms with Crippen molar-refractivity contribution in [2.75, 3.05) is 39.6 Å². The second-order valence-corrected chi connectivity index (χ2v) is 10.2. The van der Waals surface area contributed by atoms with Crippen molar-refractivity contribution in [1.82, 2.24) is 0 Å². The number of carbonyl (C=O) groups excluding carboxylic acids is 3. The lowest BCUT2D eigenvalue weighted by Gasteiger charge is -2.29. The molecule has 33 heavy (non-hydrogen) atoms. The van der Waals surface area contributed by atoms with E-state index >= 15 is 0 Å². The molecule has 0 fully saturated rings. The summed E-state index contributed by atoms with van der Waals surface area (Å²) in [6.45, 7) is 17.5. The van der Waals surface area contributed by atoms with Crippen LogP contribution >= 0.6 is 0 Å². The smallest absolute Gasteiger partial charge is 0.460 e. The number of rotatable bonds is 19. The van der Waals surface area contributed by atoms with Gasteiger partial charge in [-0.1, -0.05) is 39.5 Å². The molecule has 0 unspecified atom stereocenters. The standard InChI is InChI=1S/C23H38O9Si/c1-8-9-10-17-33(30-14-11-27-21(24)18(2)3,31-15-12-28-22(25)19(4)5)32-16-13-29-23(26)20(6)7/h2,4,6,8-17H2,1,3,5,7H3. The van der Waals surface area contributed by atoms with Gasteiger partial charge >= 0.3 is 26.7 Å². The minimum absolute atomic E-state index is 0.00374. The Balaban J connectivity index is 5.11. The molecule has 0 saturated heterocycles. The van der Waals surface area contributed by atoms with E-state index in [1.807, 2.05) is 0 Å². The van der Waals surface area contributed by atoms with Gasteiger partial charge in [0.05, 0.1) is 19.8 Å². The van der Waals surface area contributed by atoms with Crippen LogP contribution in [0.2, 0.25) is 6.04 Å². The molecule has 0 saturated carbocycles. The van der Waals surface area contributed by atoms with Gasteiger partial charge in [-0.25, -0.2) is 14.4 Å². The molecule has 0 bridgehead atoms. The monoisotopic (exact) mass is 486 g/mol. The number of unbranched alkanes of at least 4 members (excludes halogenated alkanes) is 2. The minimum Gasteiger partial charge on any atom is -0.460 e. The van der Waals surface area contributed by atoms with Crippen molar-refractivity contribution in [2.45, 2.75) is 53.0 Å². The molecule has 0 aliphatic heterocycles. The van der Waals surface area contributed by atoms with E-state index in [0.29, 0.717) is 6.04 Å². The summed E-state index contributed by atoms with van der Waals surface area (Å²) in [7, 11) is -3.27. The maximum Gasteiger partial charge on any atom is 0.501 e. The quantitative estimate of drug-likeness (QED) is 0.0891. The Morgan fingerprint density at radius 3 is 1.21 bits per heavy atom. The van der Waals surface area contributed by atoms with Gasteiger partial charge < -0.3 is 27.5 Å². The Bertz CT molecular complexity index is 604. The minimum atomic E-state index is -3.27. The molecule has 0 rings (SSSR count). The number of hydrogen-bond donors (Lipinski definition) is 0. The molecule has 10 heteroatoms. The van der Waals surface area contributed by atoms with Crippen molar-refractivity contribution in [3.8, 4) is 0 Å². The highest BCUT2D eigenvalue weighted by Crippen LogP contribution is 2.20. The Morgan fingerprint density at radius 2 is 0.939 bits per heavy atom. The van der Waals surface area contributed by atoms with Crippen molar-refractivity contribution in [3.05, 3.63) is 36.5 Å². The average molecular weight is 487 g/mol. The van der Waals surface area contributed by atoms with Crippen LogP contribution in [0.5, 0.6) is 0 Å². The molecule has 188 valence electrons. The summed E-state index contributed by atoms with van der Waals surface area (Å²) in [6.07, 6.45) is 2.70. The number of esters is 3. The Hall–Kier alpha value is -2.27. The van der Waals surface area contributed by atoms with Crippen molar-refractivity contribution in [3.63, 3.8) is 0 Å². The van der Waals surface area contributed by atoms with Crippen LogP contribution in [-0.2, 0) is 41.9 Å². The molecule has 0 amide bonds. The first kappa shape index (κ1) is 30.7. The third-order valence-corrected chi connectivity index (χ3v) is 6.95. The average Bonchev–Trinajstić information content (AvgIpc) is 2.76. The summed E-state index contributed by atoms with van der Waals surface area (Å²) in [5.41, 5.74) is 0.854. The molecule has 9 nitrogen and oxygen atoms in total. The van der Waals surface area contributed by atoms with E-state index in [0.717, 1.165) is 19.3 Å². The van der Waals surface area contributed by atoms with E-state index in [4.69, 9.17) is 27.5 Å². The maximum atomic E-state index is 11.6. The predicted molar refractivity (Wildman–Crippen MR) is 125 cm³/mol. The van der Waals surface area contributed by atoms with Gasteiger partial charge in [0, 0.05) is 22.8 Å². The molecule has 0 aromatic heterocycles. The molecule has 0 aliphatic rings. The number of hydrogen-bond acceptors (Lipinski definition) is 9. The fourth-order valence-corrected chi connectivity index (χ4v) is 4.85. The summed E-state index contributed by atoms with van der Waals surface area (Å²) in [4.78, 5) is 34.8. The SMILES string of the molecule is C=C(C)C(=O)OCCO[Si](CCCCC)(OCCOC(=O)C(=C)C)OCCOC(=O)C(=C)C. The topological polar surface area (TPSA) is 107 Å². The lowest BCUT2D eigenvalue weighted by Crippen LogP contribution is -2.48. The van der Waals surface area contributed by atoms with Gasteiger partial charge in [-0.15, -0.1) is 0 Å². The second kappa shape index (κ2) is 17.2. The van der Waals surface area contributed by atoms with Crippen LogP contribution in [0, 0.1) is 0 Å². The number of ether oxygens (including phenoxy) is 3. The zero-order chi connectivity index (χ0) is 25.3. The van der Waals surface area contributed by atoms with Crippen LogP contribution in [0.1, 0.15) is 47.0 Å². The van der Waals surface area contributed by atoms with Crippen molar-refractivity contribution >= 4 is 26.7 Å². The summed E-state index contributed by atoms with van der Waals surface area (Å²) < 4.78 is 33.2. The maximum absolute atomic E-state index is 11.6. The van der Waals surface area contributed by atoms with Gasteiger partial charge in [-0.3, -0.25) is 0 Å². The van der Waals surface area contributed by atoms with Gasteiger partial charge in [-0.05, 0) is 27.2 Å². The molecule has 0 atom stereocenters. The predicted octanol–water partition coefficient (Wildman–Crippen LogP) is 3.52. The first-order chi connectivity index (χ1) is 15.5. The van der Waals surface area contributed by atoms with Crippen LogP contribution in [0.3, 0.4) is 0 Å². The summed E-state index contributed by atoms with van der Waals surface area (Å²) in [5, 5.41) is 0. The molecule has 0 aromatic rings. The van der Waals surface area contributed by atoms with Crippen LogP contribution in [0.25, 0.3) is 0 Å². The van der Waals surface area contributed by atoms with Gasteiger partial charge in [0.25, 0.3) is 0 Å². The lowest BCUT2D eigenvalue weighted by molar-refractivity contribution is -0.140. The van der Waals surface area contributed by atoms with Gasteiger partial charge in [-0.2, -0.15) is 0 Å². The molecule has 0 radical (unpaired) electrons. The van der Waals surface area contributed by atoms with Crippen molar-refractivity contribution in [1.29, 1.82) is 0 Å². The van der Waals surface area contributed by atoms with E-state index in [2.05, 4.69) is 26.7 Å². The fraction of sp³-hybridized carbons (Fsp3) is 0.609. The van der Waals surface area contributed by atoms with Gasteiger partial charge in [0.2, 0.25) is 0 Å². The van der Waals surface area contributed by atoms with Crippen LogP contribution in [-0.4, -0.2) is 66.4 Å². The molecule has 0 spiro atoms. The van der Waals surface area contributed by atoms with Gasteiger partial charge in [0.15, 0.2) is 0 Å². The van der Waals surface area contributed by atoms with Crippen molar-refractivity contribution in [2.24, 2.45) is 0 Å². The Labute approximate surface area is 198 Å². The second-order valence-electron chi connectivity index (χ2n) is 7.43. The first-order valence-electron chi connectivity index (χ1n) is 10.9. The molecule has 0 aliphatic carbocycles. The third-order valence-electron chi connectivity index (χ3n) is 4.05. The number of carbonyl (C=O) groups is 3.